The normalized spacial score (nSPS) is 10.1. The molecule has 0 fully saturated rings. The van der Waals surface area contributed by atoms with Gasteiger partial charge in [0.15, 0.2) is 0 Å². The summed E-state index contributed by atoms with van der Waals surface area (Å²) in [6.45, 7) is 1.91. The maximum absolute atomic E-state index is 12.0. The van der Waals surface area contributed by atoms with E-state index in [0.29, 0.717) is 5.75 Å². The number of anilines is 1. The zero-order valence-corrected chi connectivity index (χ0v) is 14.1. The van der Waals surface area contributed by atoms with Crippen molar-refractivity contribution < 1.29 is 14.5 Å². The van der Waals surface area contributed by atoms with Gasteiger partial charge in [0.25, 0.3) is 5.91 Å². The molecule has 0 radical (unpaired) electrons. The minimum atomic E-state index is -0.696. The molecule has 0 bridgehead atoms. The number of aromatic nitrogens is 3. The lowest BCUT2D eigenvalue weighted by Gasteiger charge is -2.10. The van der Waals surface area contributed by atoms with Crippen LogP contribution in [0.4, 0.5) is 11.5 Å². The van der Waals surface area contributed by atoms with Crippen molar-refractivity contribution in [3.8, 4) is 11.6 Å². The fourth-order valence-corrected chi connectivity index (χ4v) is 2.09. The smallest absolute Gasteiger partial charge is 0.374 e. The highest BCUT2D eigenvalue weighted by atomic mass is 16.6. The molecule has 10 heteroatoms. The summed E-state index contributed by atoms with van der Waals surface area (Å²) in [5.41, 5.74) is 5.36. The molecule has 0 spiro atoms. The van der Waals surface area contributed by atoms with Crippen LogP contribution < -0.4 is 15.6 Å². The molecule has 2 aromatic heterocycles. The fourth-order valence-electron chi connectivity index (χ4n) is 2.09. The molecule has 0 saturated heterocycles. The Kier molecular flexibility index (Phi) is 5.17. The van der Waals surface area contributed by atoms with Crippen molar-refractivity contribution in [2.45, 2.75) is 6.92 Å². The maximum Gasteiger partial charge on any atom is 0.374 e. The number of carbonyl (C=O) groups excluding carboxylic acids is 1. The summed E-state index contributed by atoms with van der Waals surface area (Å²) in [7, 11) is 0. The van der Waals surface area contributed by atoms with E-state index in [1.165, 1.54) is 12.3 Å². The molecule has 10 nitrogen and oxygen atoms in total. The van der Waals surface area contributed by atoms with E-state index >= 15 is 0 Å². The summed E-state index contributed by atoms with van der Waals surface area (Å²) in [6, 6.07) is 11.7. The molecule has 2 N–H and O–H groups in total. The number of carbonyl (C=O) groups is 1. The quantitative estimate of drug-likeness (QED) is 0.502. The average Bonchev–Trinajstić information content (AvgIpc) is 2.68. The van der Waals surface area contributed by atoms with Gasteiger partial charge in [0.1, 0.15) is 17.8 Å². The second kappa shape index (κ2) is 7.87. The summed E-state index contributed by atoms with van der Waals surface area (Å²) in [5, 5.41) is 11.5. The monoisotopic (exact) mass is 366 g/mol. The molecule has 2 heterocycles. The molecular weight excluding hydrogens is 352 g/mol. The third kappa shape index (κ3) is 4.31. The number of amides is 1. The summed E-state index contributed by atoms with van der Waals surface area (Å²) in [4.78, 5) is 34.3. The van der Waals surface area contributed by atoms with Crippen molar-refractivity contribution >= 4 is 17.4 Å². The minimum absolute atomic E-state index is 0.137. The first-order valence-electron chi connectivity index (χ1n) is 7.76. The second-order valence-corrected chi connectivity index (χ2v) is 5.34. The molecule has 0 unspecified atom stereocenters. The summed E-state index contributed by atoms with van der Waals surface area (Å²) in [5.74, 6) is -0.676. The van der Waals surface area contributed by atoms with E-state index in [4.69, 9.17) is 4.74 Å². The molecule has 0 atom stereocenters. The van der Waals surface area contributed by atoms with Crippen molar-refractivity contribution in [1.29, 1.82) is 0 Å². The van der Waals surface area contributed by atoms with Crippen LogP contribution in [0.2, 0.25) is 0 Å². The SMILES string of the molecule is Cc1ccc(Oc2ncnc(NNC(=O)c3ccccn3)c2[N+](=O)[O-])cc1. The first kappa shape index (κ1) is 17.7. The van der Waals surface area contributed by atoms with Gasteiger partial charge in [-0.15, -0.1) is 0 Å². The van der Waals surface area contributed by atoms with Gasteiger partial charge in [-0.1, -0.05) is 23.8 Å². The number of nitrogens with zero attached hydrogens (tertiary/aromatic N) is 4. The Bertz CT molecular complexity index is 963. The Morgan fingerprint density at radius 2 is 1.89 bits per heavy atom. The van der Waals surface area contributed by atoms with Gasteiger partial charge in [0.05, 0.1) is 4.92 Å². The van der Waals surface area contributed by atoms with Crippen LogP contribution in [0.1, 0.15) is 16.1 Å². The number of nitrogens with one attached hydrogen (secondary N) is 2. The lowest BCUT2D eigenvalue weighted by atomic mass is 10.2. The number of ether oxygens (including phenoxy) is 1. The van der Waals surface area contributed by atoms with Crippen molar-refractivity contribution in [1.82, 2.24) is 20.4 Å². The average molecular weight is 366 g/mol. The van der Waals surface area contributed by atoms with E-state index in [9.17, 15) is 14.9 Å². The molecule has 3 rings (SSSR count). The van der Waals surface area contributed by atoms with Gasteiger partial charge in [-0.25, -0.2) is 4.98 Å². The van der Waals surface area contributed by atoms with Crippen LogP contribution in [0.15, 0.2) is 55.0 Å². The van der Waals surface area contributed by atoms with E-state index < -0.39 is 16.5 Å². The highest BCUT2D eigenvalue weighted by Crippen LogP contribution is 2.33. The standard InChI is InChI=1S/C17H14N6O4/c1-11-5-7-12(8-6-11)27-17-14(23(25)26)15(19-10-20-17)21-22-16(24)13-4-2-3-9-18-13/h2-10H,1H3,(H,22,24)(H,19,20,21). The number of hydrogen-bond acceptors (Lipinski definition) is 8. The fraction of sp³-hybridized carbons (Fsp3) is 0.0588. The molecule has 136 valence electrons. The number of hydrazine groups is 1. The third-order valence-electron chi connectivity index (χ3n) is 3.40. The van der Waals surface area contributed by atoms with Crippen LogP contribution in [-0.4, -0.2) is 25.8 Å². The van der Waals surface area contributed by atoms with Gasteiger partial charge >= 0.3 is 11.6 Å². The van der Waals surface area contributed by atoms with Gasteiger partial charge in [-0.05, 0) is 31.2 Å². The topological polar surface area (TPSA) is 132 Å². The Labute approximate surface area is 153 Å². The molecular formula is C17H14N6O4. The van der Waals surface area contributed by atoms with E-state index in [0.717, 1.165) is 11.9 Å². The van der Waals surface area contributed by atoms with Crippen molar-refractivity contribution in [2.24, 2.45) is 0 Å². The van der Waals surface area contributed by atoms with E-state index in [-0.39, 0.29) is 17.4 Å². The zero-order valence-electron chi connectivity index (χ0n) is 14.1. The van der Waals surface area contributed by atoms with Gasteiger partial charge in [-0.3, -0.25) is 30.7 Å². The van der Waals surface area contributed by atoms with Gasteiger partial charge in [0.2, 0.25) is 5.82 Å². The van der Waals surface area contributed by atoms with Crippen LogP contribution in [0.3, 0.4) is 0 Å². The van der Waals surface area contributed by atoms with Gasteiger partial charge < -0.3 is 4.74 Å². The minimum Gasteiger partial charge on any atom is -0.434 e. The highest BCUT2D eigenvalue weighted by molar-refractivity contribution is 5.93. The van der Waals surface area contributed by atoms with Crippen LogP contribution in [0, 0.1) is 17.0 Å². The lowest BCUT2D eigenvalue weighted by molar-refractivity contribution is -0.385. The summed E-state index contributed by atoms with van der Waals surface area (Å²) < 4.78 is 5.50. The third-order valence-corrected chi connectivity index (χ3v) is 3.40. The van der Waals surface area contributed by atoms with E-state index in [1.807, 2.05) is 6.92 Å². The van der Waals surface area contributed by atoms with Crippen molar-refractivity contribution in [3.05, 3.63) is 76.4 Å². The van der Waals surface area contributed by atoms with Gasteiger partial charge in [-0.2, -0.15) is 4.98 Å². The summed E-state index contributed by atoms with van der Waals surface area (Å²) in [6.07, 6.45) is 2.54. The number of benzene rings is 1. The number of aryl methyl sites for hydroxylation is 1. The number of nitro groups is 1. The molecule has 0 aliphatic carbocycles. The van der Waals surface area contributed by atoms with Crippen LogP contribution in [0.5, 0.6) is 11.6 Å². The largest absolute Gasteiger partial charge is 0.434 e. The predicted molar refractivity (Wildman–Crippen MR) is 95.3 cm³/mol. The first-order chi connectivity index (χ1) is 13.0. The van der Waals surface area contributed by atoms with Crippen LogP contribution >= 0.6 is 0 Å². The first-order valence-corrected chi connectivity index (χ1v) is 7.76. The Morgan fingerprint density at radius 3 is 2.56 bits per heavy atom. The zero-order chi connectivity index (χ0) is 19.2. The van der Waals surface area contributed by atoms with Crippen molar-refractivity contribution in [3.63, 3.8) is 0 Å². The molecule has 0 saturated carbocycles. The van der Waals surface area contributed by atoms with Gasteiger partial charge in [0, 0.05) is 6.20 Å². The number of hydrogen-bond donors (Lipinski definition) is 2. The van der Waals surface area contributed by atoms with E-state index in [1.54, 1.807) is 36.4 Å². The van der Waals surface area contributed by atoms with Crippen LogP contribution in [0.25, 0.3) is 0 Å². The molecule has 0 aliphatic rings. The van der Waals surface area contributed by atoms with Crippen LogP contribution in [-0.2, 0) is 0 Å². The highest BCUT2D eigenvalue weighted by Gasteiger charge is 2.25. The Balaban J connectivity index is 1.82. The Morgan fingerprint density at radius 1 is 1.11 bits per heavy atom. The molecule has 0 aliphatic heterocycles. The molecule has 1 amide bonds. The molecule has 27 heavy (non-hydrogen) atoms. The Hall–Kier alpha value is -4.08. The number of rotatable bonds is 6. The molecule has 3 aromatic rings. The second-order valence-electron chi connectivity index (χ2n) is 5.34. The predicted octanol–water partition coefficient (Wildman–Crippen LogP) is 2.64. The van der Waals surface area contributed by atoms with E-state index in [2.05, 4.69) is 25.8 Å². The molecule has 1 aromatic carbocycles. The van der Waals surface area contributed by atoms with Crippen molar-refractivity contribution in [2.75, 3.05) is 5.43 Å². The lowest BCUT2D eigenvalue weighted by Crippen LogP contribution is -2.30. The maximum atomic E-state index is 12.0. The summed E-state index contributed by atoms with van der Waals surface area (Å²) >= 11 is 0. The number of pyridine rings is 1.